The van der Waals surface area contributed by atoms with Crippen LogP contribution in [0, 0.1) is 12.3 Å². The maximum atomic E-state index is 12.2. The lowest BCUT2D eigenvalue weighted by Gasteiger charge is -2.11. The Labute approximate surface area is 179 Å². The summed E-state index contributed by atoms with van der Waals surface area (Å²) in [5.74, 6) is 2.49. The maximum absolute atomic E-state index is 12.2. The van der Waals surface area contributed by atoms with Crippen LogP contribution in [0.1, 0.15) is 15.9 Å². The minimum atomic E-state index is -0.512. The quantitative estimate of drug-likeness (QED) is 0.362. The van der Waals surface area contributed by atoms with Gasteiger partial charge in [-0.05, 0) is 29.8 Å². The van der Waals surface area contributed by atoms with Gasteiger partial charge in [0.05, 0.1) is 37.6 Å². The zero-order valence-corrected chi connectivity index (χ0v) is 17.2. The summed E-state index contributed by atoms with van der Waals surface area (Å²) >= 11 is 6.18. The van der Waals surface area contributed by atoms with Gasteiger partial charge in [0, 0.05) is 0 Å². The number of para-hydroxylation sites is 1. The summed E-state index contributed by atoms with van der Waals surface area (Å²) in [6.45, 7) is -0.225. The number of methoxy groups -OCH3 is 2. The second kappa shape index (κ2) is 11.3. The fourth-order valence-corrected chi connectivity index (χ4v) is 2.65. The van der Waals surface area contributed by atoms with Gasteiger partial charge in [-0.25, -0.2) is 5.43 Å². The maximum Gasteiger partial charge on any atom is 0.259 e. The third kappa shape index (κ3) is 6.15. The van der Waals surface area contributed by atoms with Crippen molar-refractivity contribution >= 4 is 29.6 Å². The lowest BCUT2D eigenvalue weighted by Crippen LogP contribution is -2.35. The first-order chi connectivity index (χ1) is 14.5. The summed E-state index contributed by atoms with van der Waals surface area (Å²) < 4.78 is 15.7. The number of hydrogen-bond donors (Lipinski definition) is 2. The number of hydrogen-bond acceptors (Lipinski definition) is 6. The van der Waals surface area contributed by atoms with Crippen molar-refractivity contribution in [1.82, 2.24) is 10.7 Å². The smallest absolute Gasteiger partial charge is 0.259 e. The summed E-state index contributed by atoms with van der Waals surface area (Å²) in [7, 11) is 2.92. The standard InChI is InChI=1S/C21H20ClN3O5/c1-4-9-30-20-16(22)10-14(11-18(20)29-3)12-24-25-19(26)13-23-21(27)15-7-5-6-8-17(15)28-2/h1,5-8,10-12H,9,13H2,2-3H3,(H,23,27)(H,25,26). The fraction of sp³-hybridized carbons (Fsp3) is 0.190. The van der Waals surface area contributed by atoms with Gasteiger partial charge in [-0.15, -0.1) is 6.42 Å². The van der Waals surface area contributed by atoms with Crippen LogP contribution < -0.4 is 25.0 Å². The number of halogens is 1. The summed E-state index contributed by atoms with van der Waals surface area (Å²) in [5.41, 5.74) is 3.20. The molecule has 2 aromatic carbocycles. The lowest BCUT2D eigenvalue weighted by molar-refractivity contribution is -0.120. The van der Waals surface area contributed by atoms with E-state index < -0.39 is 11.8 Å². The van der Waals surface area contributed by atoms with Crippen LogP contribution in [-0.2, 0) is 4.79 Å². The van der Waals surface area contributed by atoms with Crippen molar-refractivity contribution in [1.29, 1.82) is 0 Å². The van der Waals surface area contributed by atoms with Crippen LogP contribution in [0.25, 0.3) is 0 Å². The van der Waals surface area contributed by atoms with Gasteiger partial charge in [-0.2, -0.15) is 5.10 Å². The van der Waals surface area contributed by atoms with Crippen LogP contribution in [0.3, 0.4) is 0 Å². The van der Waals surface area contributed by atoms with E-state index in [2.05, 4.69) is 21.8 Å². The average molecular weight is 430 g/mol. The molecule has 0 spiro atoms. The number of hydrazone groups is 1. The van der Waals surface area contributed by atoms with Crippen LogP contribution in [0.4, 0.5) is 0 Å². The molecule has 0 heterocycles. The third-order valence-electron chi connectivity index (χ3n) is 3.72. The molecular weight excluding hydrogens is 410 g/mol. The van der Waals surface area contributed by atoms with E-state index >= 15 is 0 Å². The zero-order valence-electron chi connectivity index (χ0n) is 16.4. The molecule has 2 aromatic rings. The van der Waals surface area contributed by atoms with E-state index in [9.17, 15) is 9.59 Å². The van der Waals surface area contributed by atoms with E-state index in [4.69, 9.17) is 32.2 Å². The van der Waals surface area contributed by atoms with Crippen molar-refractivity contribution in [3.05, 3.63) is 52.5 Å². The molecule has 0 atom stereocenters. The Morgan fingerprint density at radius 3 is 2.63 bits per heavy atom. The van der Waals surface area contributed by atoms with Crippen molar-refractivity contribution < 1.29 is 23.8 Å². The topological polar surface area (TPSA) is 98.2 Å². The number of nitrogens with one attached hydrogen (secondary N) is 2. The van der Waals surface area contributed by atoms with Gasteiger partial charge < -0.3 is 19.5 Å². The molecule has 156 valence electrons. The van der Waals surface area contributed by atoms with Gasteiger partial charge in [0.2, 0.25) is 0 Å². The van der Waals surface area contributed by atoms with E-state index in [-0.39, 0.29) is 18.2 Å². The van der Waals surface area contributed by atoms with Crippen molar-refractivity contribution in [3.63, 3.8) is 0 Å². The van der Waals surface area contributed by atoms with Crippen molar-refractivity contribution in [2.24, 2.45) is 5.10 Å². The molecule has 8 nitrogen and oxygen atoms in total. The molecule has 0 aliphatic carbocycles. The third-order valence-corrected chi connectivity index (χ3v) is 4.00. The second-order valence-electron chi connectivity index (χ2n) is 5.70. The highest BCUT2D eigenvalue weighted by molar-refractivity contribution is 6.32. The fourth-order valence-electron chi connectivity index (χ4n) is 2.37. The summed E-state index contributed by atoms with van der Waals surface area (Å²) in [5, 5.41) is 6.62. The normalized spacial score (nSPS) is 10.2. The molecule has 0 unspecified atom stereocenters. The van der Waals surface area contributed by atoms with Crippen LogP contribution in [0.2, 0.25) is 5.02 Å². The molecule has 9 heteroatoms. The number of carbonyl (C=O) groups excluding carboxylic acids is 2. The molecule has 0 bridgehead atoms. The van der Waals surface area contributed by atoms with Gasteiger partial charge >= 0.3 is 0 Å². The Hall–Kier alpha value is -3.70. The predicted molar refractivity (Wildman–Crippen MR) is 113 cm³/mol. The Balaban J connectivity index is 1.93. The molecule has 0 aliphatic heterocycles. The van der Waals surface area contributed by atoms with E-state index in [0.717, 1.165) is 0 Å². The largest absolute Gasteiger partial charge is 0.496 e. The molecular formula is C21H20ClN3O5. The number of amides is 2. The minimum Gasteiger partial charge on any atom is -0.496 e. The summed E-state index contributed by atoms with van der Waals surface area (Å²) in [4.78, 5) is 24.1. The number of benzene rings is 2. The molecule has 0 saturated heterocycles. The number of nitrogens with zero attached hydrogens (tertiary/aromatic N) is 1. The minimum absolute atomic E-state index is 0.0418. The summed E-state index contributed by atoms with van der Waals surface area (Å²) in [6.07, 6.45) is 6.55. The monoisotopic (exact) mass is 429 g/mol. The second-order valence-corrected chi connectivity index (χ2v) is 6.11. The predicted octanol–water partition coefficient (Wildman–Crippen LogP) is 2.25. The van der Waals surface area contributed by atoms with Crippen molar-refractivity contribution in [3.8, 4) is 29.6 Å². The number of carbonyl (C=O) groups is 2. The Morgan fingerprint density at radius 2 is 1.93 bits per heavy atom. The number of terminal acetylenes is 1. The van der Waals surface area contributed by atoms with Gasteiger partial charge in [-0.3, -0.25) is 9.59 Å². The highest BCUT2D eigenvalue weighted by atomic mass is 35.5. The highest BCUT2D eigenvalue weighted by Gasteiger charge is 2.13. The Bertz CT molecular complexity index is 985. The van der Waals surface area contributed by atoms with Crippen LogP contribution in [0.15, 0.2) is 41.5 Å². The molecule has 30 heavy (non-hydrogen) atoms. The molecule has 2 amide bonds. The molecule has 0 saturated carbocycles. The molecule has 0 fully saturated rings. The number of ether oxygens (including phenoxy) is 3. The van der Waals surface area contributed by atoms with Crippen LogP contribution in [0.5, 0.6) is 17.2 Å². The molecule has 2 rings (SSSR count). The van der Waals surface area contributed by atoms with Gasteiger partial charge in [0.25, 0.3) is 11.8 Å². The number of rotatable bonds is 9. The van der Waals surface area contributed by atoms with Gasteiger partial charge in [0.15, 0.2) is 11.5 Å². The van der Waals surface area contributed by atoms with Crippen LogP contribution in [-0.4, -0.2) is 45.4 Å². The average Bonchev–Trinajstić information content (AvgIpc) is 2.76. The Kier molecular flexibility index (Phi) is 8.54. The molecule has 0 aromatic heterocycles. The highest BCUT2D eigenvalue weighted by Crippen LogP contribution is 2.35. The Morgan fingerprint density at radius 1 is 1.20 bits per heavy atom. The zero-order chi connectivity index (χ0) is 21.9. The summed E-state index contributed by atoms with van der Waals surface area (Å²) in [6, 6.07) is 9.89. The van der Waals surface area contributed by atoms with Gasteiger partial charge in [-0.1, -0.05) is 29.7 Å². The van der Waals surface area contributed by atoms with E-state index in [0.29, 0.717) is 28.4 Å². The molecule has 0 aliphatic rings. The van der Waals surface area contributed by atoms with Gasteiger partial charge in [0.1, 0.15) is 12.4 Å². The van der Waals surface area contributed by atoms with Crippen LogP contribution >= 0.6 is 11.6 Å². The van der Waals surface area contributed by atoms with Crippen molar-refractivity contribution in [2.75, 3.05) is 27.4 Å². The van der Waals surface area contributed by atoms with E-state index in [1.54, 1.807) is 36.4 Å². The van der Waals surface area contributed by atoms with Crippen molar-refractivity contribution in [2.45, 2.75) is 0 Å². The SMILES string of the molecule is C#CCOc1c(Cl)cc(C=NNC(=O)CNC(=O)c2ccccc2OC)cc1OC. The van der Waals surface area contributed by atoms with E-state index in [1.807, 2.05) is 0 Å². The van der Waals surface area contributed by atoms with E-state index in [1.165, 1.54) is 20.4 Å². The first kappa shape index (κ1) is 22.6. The molecule has 0 radical (unpaired) electrons. The first-order valence-corrected chi connectivity index (χ1v) is 9.04. The molecule has 2 N–H and O–H groups in total. The first-order valence-electron chi connectivity index (χ1n) is 8.67. The lowest BCUT2D eigenvalue weighted by atomic mass is 10.2.